The van der Waals surface area contributed by atoms with Crippen molar-refractivity contribution in [3.05, 3.63) is 53.6 Å². The Morgan fingerprint density at radius 1 is 1.14 bits per heavy atom. The minimum atomic E-state index is -0.669. The third-order valence-electron chi connectivity index (χ3n) is 3.12. The summed E-state index contributed by atoms with van der Waals surface area (Å²) in [5.74, 6) is -2.42. The molecule has 114 valence electrons. The van der Waals surface area contributed by atoms with Crippen molar-refractivity contribution >= 4 is 12.1 Å². The summed E-state index contributed by atoms with van der Waals surface area (Å²) >= 11 is 0. The molecule has 2 rings (SSSR count). The number of nitrogens with zero attached hydrogens (tertiary/aromatic N) is 1. The van der Waals surface area contributed by atoms with Crippen molar-refractivity contribution in [2.24, 2.45) is 5.10 Å². The predicted octanol–water partition coefficient (Wildman–Crippen LogP) is 2.32. The van der Waals surface area contributed by atoms with E-state index in [1.165, 1.54) is 0 Å². The lowest BCUT2D eigenvalue weighted by Crippen LogP contribution is -2.18. The van der Waals surface area contributed by atoms with Gasteiger partial charge in [0.15, 0.2) is 17.2 Å². The van der Waals surface area contributed by atoms with Gasteiger partial charge in [-0.25, -0.2) is 5.43 Å². The van der Waals surface area contributed by atoms with Crippen LogP contribution in [0.2, 0.25) is 0 Å². The lowest BCUT2D eigenvalue weighted by molar-refractivity contribution is 0.0954. The standard InChI is InChI=1S/C16H16N2O4/c1-10(11-5-3-2-4-6-11)9-17-18-16(22)12-7-13(19)15(21)14(20)8-12/h2-10,19-21H,1H3,(H,18,22). The van der Waals surface area contributed by atoms with Gasteiger partial charge in [0.25, 0.3) is 5.91 Å². The molecule has 0 saturated heterocycles. The van der Waals surface area contributed by atoms with Crippen LogP contribution in [0, 0.1) is 0 Å². The Balaban J connectivity index is 2.02. The maximum Gasteiger partial charge on any atom is 0.271 e. The first-order valence-electron chi connectivity index (χ1n) is 6.62. The molecule has 0 bridgehead atoms. The summed E-state index contributed by atoms with van der Waals surface area (Å²) in [5, 5.41) is 31.8. The van der Waals surface area contributed by atoms with Crippen LogP contribution in [0.15, 0.2) is 47.6 Å². The van der Waals surface area contributed by atoms with Crippen LogP contribution in [0.3, 0.4) is 0 Å². The van der Waals surface area contributed by atoms with E-state index in [0.717, 1.165) is 17.7 Å². The molecule has 0 aromatic heterocycles. The maximum atomic E-state index is 11.8. The molecule has 0 aliphatic heterocycles. The number of hydrogen-bond donors (Lipinski definition) is 4. The van der Waals surface area contributed by atoms with Crippen LogP contribution < -0.4 is 5.43 Å². The van der Waals surface area contributed by atoms with Gasteiger partial charge in [0.1, 0.15) is 0 Å². The first-order chi connectivity index (χ1) is 10.5. The van der Waals surface area contributed by atoms with Crippen LogP contribution in [0.5, 0.6) is 17.2 Å². The minimum absolute atomic E-state index is 0.0164. The fourth-order valence-electron chi connectivity index (χ4n) is 1.85. The van der Waals surface area contributed by atoms with Gasteiger partial charge in [-0.15, -0.1) is 0 Å². The van der Waals surface area contributed by atoms with Crippen molar-refractivity contribution in [3.8, 4) is 17.2 Å². The van der Waals surface area contributed by atoms with Crippen molar-refractivity contribution in [2.45, 2.75) is 12.8 Å². The van der Waals surface area contributed by atoms with Gasteiger partial charge < -0.3 is 15.3 Å². The summed E-state index contributed by atoms with van der Waals surface area (Å²) < 4.78 is 0. The quantitative estimate of drug-likeness (QED) is 0.395. The molecule has 0 heterocycles. The topological polar surface area (TPSA) is 102 Å². The second kappa shape index (κ2) is 6.62. The first-order valence-corrected chi connectivity index (χ1v) is 6.62. The smallest absolute Gasteiger partial charge is 0.271 e. The zero-order valence-electron chi connectivity index (χ0n) is 11.9. The van der Waals surface area contributed by atoms with Gasteiger partial charge in [-0.2, -0.15) is 5.10 Å². The Hall–Kier alpha value is -3.02. The molecule has 0 aliphatic carbocycles. The predicted molar refractivity (Wildman–Crippen MR) is 82.3 cm³/mol. The van der Waals surface area contributed by atoms with Crippen LogP contribution in [0.4, 0.5) is 0 Å². The number of rotatable bonds is 4. The molecule has 22 heavy (non-hydrogen) atoms. The molecule has 1 amide bonds. The number of phenolic OH excluding ortho intramolecular Hbond substituents is 3. The molecule has 0 radical (unpaired) electrons. The summed E-state index contributed by atoms with van der Waals surface area (Å²) in [6.45, 7) is 1.93. The Labute approximate surface area is 127 Å². The van der Waals surface area contributed by atoms with E-state index in [2.05, 4.69) is 10.5 Å². The zero-order chi connectivity index (χ0) is 16.1. The van der Waals surface area contributed by atoms with Crippen molar-refractivity contribution in [2.75, 3.05) is 0 Å². The highest BCUT2D eigenvalue weighted by molar-refractivity contribution is 5.95. The van der Waals surface area contributed by atoms with Gasteiger partial charge in [0.2, 0.25) is 0 Å². The molecule has 2 aromatic carbocycles. The Morgan fingerprint density at radius 2 is 1.73 bits per heavy atom. The normalized spacial score (nSPS) is 12.2. The van der Waals surface area contributed by atoms with E-state index in [4.69, 9.17) is 0 Å². The number of aromatic hydroxyl groups is 3. The Bertz CT molecular complexity index is 676. The van der Waals surface area contributed by atoms with Gasteiger partial charge in [-0.1, -0.05) is 37.3 Å². The van der Waals surface area contributed by atoms with Crippen molar-refractivity contribution in [3.63, 3.8) is 0 Å². The van der Waals surface area contributed by atoms with Crippen molar-refractivity contribution < 1.29 is 20.1 Å². The molecule has 6 nitrogen and oxygen atoms in total. The Kier molecular flexibility index (Phi) is 4.63. The third-order valence-corrected chi connectivity index (χ3v) is 3.12. The third kappa shape index (κ3) is 3.54. The average molecular weight is 300 g/mol. The van der Waals surface area contributed by atoms with Crippen LogP contribution >= 0.6 is 0 Å². The number of benzene rings is 2. The largest absolute Gasteiger partial charge is 0.504 e. The second-order valence-corrected chi connectivity index (χ2v) is 4.78. The van der Waals surface area contributed by atoms with E-state index in [1.807, 2.05) is 37.3 Å². The summed E-state index contributed by atoms with van der Waals surface area (Å²) in [7, 11) is 0. The molecule has 1 unspecified atom stereocenters. The SMILES string of the molecule is CC(C=NNC(=O)c1cc(O)c(O)c(O)c1)c1ccccc1. The Morgan fingerprint density at radius 3 is 2.32 bits per heavy atom. The van der Waals surface area contributed by atoms with E-state index >= 15 is 0 Å². The van der Waals surface area contributed by atoms with E-state index < -0.39 is 23.2 Å². The van der Waals surface area contributed by atoms with Gasteiger partial charge in [-0.05, 0) is 17.7 Å². The molecular formula is C16H16N2O4. The van der Waals surface area contributed by atoms with E-state index in [-0.39, 0.29) is 11.5 Å². The molecule has 6 heteroatoms. The summed E-state index contributed by atoms with van der Waals surface area (Å²) in [6.07, 6.45) is 1.58. The van der Waals surface area contributed by atoms with Crippen molar-refractivity contribution in [1.29, 1.82) is 0 Å². The number of nitrogens with one attached hydrogen (secondary N) is 1. The highest BCUT2D eigenvalue weighted by Crippen LogP contribution is 2.35. The van der Waals surface area contributed by atoms with Crippen LogP contribution in [0.25, 0.3) is 0 Å². The molecule has 0 aliphatic rings. The van der Waals surface area contributed by atoms with Gasteiger partial charge in [0.05, 0.1) is 0 Å². The molecule has 0 saturated carbocycles. The molecule has 0 spiro atoms. The van der Waals surface area contributed by atoms with Gasteiger partial charge in [0, 0.05) is 17.7 Å². The lowest BCUT2D eigenvalue weighted by Gasteiger charge is -2.06. The average Bonchev–Trinajstić information content (AvgIpc) is 2.52. The molecular weight excluding hydrogens is 284 g/mol. The van der Waals surface area contributed by atoms with Crippen LogP contribution in [0.1, 0.15) is 28.8 Å². The molecule has 4 N–H and O–H groups in total. The highest BCUT2D eigenvalue weighted by Gasteiger charge is 2.13. The van der Waals surface area contributed by atoms with E-state index in [0.29, 0.717) is 0 Å². The maximum absolute atomic E-state index is 11.8. The van der Waals surface area contributed by atoms with Gasteiger partial charge in [-0.3, -0.25) is 4.79 Å². The number of carbonyl (C=O) groups excluding carboxylic acids is 1. The number of hydrazone groups is 1. The molecule has 2 aromatic rings. The van der Waals surface area contributed by atoms with Crippen LogP contribution in [-0.4, -0.2) is 27.4 Å². The number of amides is 1. The summed E-state index contributed by atoms with van der Waals surface area (Å²) in [5.41, 5.74) is 3.34. The summed E-state index contributed by atoms with van der Waals surface area (Å²) in [6, 6.07) is 11.7. The fourth-order valence-corrected chi connectivity index (χ4v) is 1.85. The van der Waals surface area contributed by atoms with E-state index in [9.17, 15) is 20.1 Å². The highest BCUT2D eigenvalue weighted by atomic mass is 16.3. The molecule has 0 fully saturated rings. The molecule has 1 atom stereocenters. The number of carbonyl (C=O) groups is 1. The van der Waals surface area contributed by atoms with Crippen molar-refractivity contribution in [1.82, 2.24) is 5.43 Å². The first kappa shape index (κ1) is 15.4. The second-order valence-electron chi connectivity index (χ2n) is 4.78. The summed E-state index contributed by atoms with van der Waals surface area (Å²) in [4.78, 5) is 11.8. The monoisotopic (exact) mass is 300 g/mol. The zero-order valence-corrected chi connectivity index (χ0v) is 11.9. The fraction of sp³-hybridized carbons (Fsp3) is 0.125. The van der Waals surface area contributed by atoms with Crippen LogP contribution in [-0.2, 0) is 0 Å². The number of hydrogen-bond acceptors (Lipinski definition) is 5. The lowest BCUT2D eigenvalue weighted by atomic mass is 10.0. The van der Waals surface area contributed by atoms with Gasteiger partial charge >= 0.3 is 0 Å². The minimum Gasteiger partial charge on any atom is -0.504 e. The number of phenols is 3. The van der Waals surface area contributed by atoms with E-state index in [1.54, 1.807) is 6.21 Å².